The van der Waals surface area contributed by atoms with Crippen LogP contribution in [0.5, 0.6) is 11.5 Å². The lowest BCUT2D eigenvalue weighted by Gasteiger charge is -2.33. The molecule has 0 unspecified atom stereocenters. The van der Waals surface area contributed by atoms with Gasteiger partial charge in [-0.15, -0.1) is 0 Å². The number of hydrogen-bond donors (Lipinski definition) is 1. The molecule has 1 aliphatic rings. The van der Waals surface area contributed by atoms with E-state index < -0.39 is 0 Å². The Hall–Kier alpha value is -2.77. The molecular formula is C18H24N4O4. The van der Waals surface area contributed by atoms with Gasteiger partial charge in [0.25, 0.3) is 0 Å². The lowest BCUT2D eigenvalue weighted by Crippen LogP contribution is -2.45. The molecule has 1 saturated heterocycles. The van der Waals surface area contributed by atoms with Crippen LogP contribution in [0.3, 0.4) is 0 Å². The van der Waals surface area contributed by atoms with E-state index in [0.717, 1.165) is 42.7 Å². The fourth-order valence-corrected chi connectivity index (χ4v) is 3.20. The summed E-state index contributed by atoms with van der Waals surface area (Å²) in [5.41, 5.74) is 0.805. The number of nitrogens with one attached hydrogen (secondary N) is 1. The van der Waals surface area contributed by atoms with Crippen LogP contribution in [-0.2, 0) is 4.74 Å². The maximum atomic E-state index is 11.6. The molecule has 140 valence electrons. The van der Waals surface area contributed by atoms with Gasteiger partial charge in [-0.25, -0.2) is 14.8 Å². The van der Waals surface area contributed by atoms with Crippen LogP contribution >= 0.6 is 0 Å². The van der Waals surface area contributed by atoms with E-state index in [4.69, 9.17) is 14.2 Å². The highest BCUT2D eigenvalue weighted by Gasteiger charge is 2.23. The number of ether oxygens (including phenoxy) is 3. The molecule has 0 saturated carbocycles. The number of nitrogens with zero attached hydrogens (tertiary/aromatic N) is 3. The van der Waals surface area contributed by atoms with Gasteiger partial charge in [0.05, 0.1) is 26.3 Å². The highest BCUT2D eigenvalue weighted by molar-refractivity contribution is 5.92. The number of amides is 1. The van der Waals surface area contributed by atoms with Gasteiger partial charge in [-0.05, 0) is 25.8 Å². The molecule has 26 heavy (non-hydrogen) atoms. The number of anilines is 1. The van der Waals surface area contributed by atoms with Crippen molar-refractivity contribution in [1.29, 1.82) is 0 Å². The van der Waals surface area contributed by atoms with Crippen LogP contribution in [0.4, 0.5) is 10.6 Å². The summed E-state index contributed by atoms with van der Waals surface area (Å²) < 4.78 is 15.7. The third-order valence-electron chi connectivity index (χ3n) is 4.51. The van der Waals surface area contributed by atoms with Crippen molar-refractivity contribution in [2.24, 2.45) is 0 Å². The van der Waals surface area contributed by atoms with E-state index in [-0.39, 0.29) is 12.1 Å². The zero-order valence-corrected chi connectivity index (χ0v) is 15.3. The van der Waals surface area contributed by atoms with Crippen molar-refractivity contribution in [3.05, 3.63) is 18.5 Å². The topological polar surface area (TPSA) is 85.8 Å². The molecule has 0 aliphatic carbocycles. The van der Waals surface area contributed by atoms with Crippen LogP contribution in [0.25, 0.3) is 10.9 Å². The smallest absolute Gasteiger partial charge is 0.407 e. The number of alkyl carbamates (subject to hydrolysis) is 1. The number of carbonyl (C=O) groups is 1. The molecule has 1 amide bonds. The third-order valence-corrected chi connectivity index (χ3v) is 4.51. The molecular weight excluding hydrogens is 336 g/mol. The van der Waals surface area contributed by atoms with Crippen LogP contribution in [0, 0.1) is 0 Å². The molecule has 0 radical (unpaired) electrons. The van der Waals surface area contributed by atoms with Crippen LogP contribution in [0.15, 0.2) is 18.5 Å². The first-order valence-corrected chi connectivity index (χ1v) is 8.71. The monoisotopic (exact) mass is 360 g/mol. The lowest BCUT2D eigenvalue weighted by atomic mass is 10.0. The fraction of sp³-hybridized carbons (Fsp3) is 0.500. The van der Waals surface area contributed by atoms with Crippen LogP contribution < -0.4 is 19.7 Å². The summed E-state index contributed by atoms with van der Waals surface area (Å²) in [4.78, 5) is 22.6. The highest BCUT2D eigenvalue weighted by Crippen LogP contribution is 2.35. The minimum absolute atomic E-state index is 0.119. The second kappa shape index (κ2) is 8.07. The highest BCUT2D eigenvalue weighted by atomic mass is 16.5. The largest absolute Gasteiger partial charge is 0.493 e. The molecule has 1 N–H and O–H groups in total. The SMILES string of the molecule is CCOC(=O)NC1CCN(c2ncnc3cc(OC)c(OC)cc23)CC1. The number of benzene rings is 1. The van der Waals surface area contributed by atoms with Crippen molar-refractivity contribution in [1.82, 2.24) is 15.3 Å². The normalized spacial score (nSPS) is 15.0. The predicted octanol–water partition coefficient (Wildman–Crippen LogP) is 2.36. The van der Waals surface area contributed by atoms with Gasteiger partial charge < -0.3 is 24.4 Å². The number of rotatable bonds is 5. The van der Waals surface area contributed by atoms with Crippen molar-refractivity contribution >= 4 is 22.8 Å². The standard InChI is InChI=1S/C18H24N4O4/c1-4-26-18(23)21-12-5-7-22(8-6-12)17-13-9-15(24-2)16(25-3)10-14(13)19-11-20-17/h9-12H,4-8H2,1-3H3,(H,21,23). The first-order valence-electron chi connectivity index (χ1n) is 8.71. The van der Waals surface area contributed by atoms with Crippen LogP contribution in [0.1, 0.15) is 19.8 Å². The van der Waals surface area contributed by atoms with Gasteiger partial charge in [0.2, 0.25) is 0 Å². The maximum Gasteiger partial charge on any atom is 0.407 e. The number of methoxy groups -OCH3 is 2. The quantitative estimate of drug-likeness (QED) is 0.876. The third kappa shape index (κ3) is 3.74. The molecule has 8 nitrogen and oxygen atoms in total. The zero-order valence-electron chi connectivity index (χ0n) is 15.3. The molecule has 8 heteroatoms. The van der Waals surface area contributed by atoms with E-state index in [2.05, 4.69) is 20.2 Å². The fourth-order valence-electron chi connectivity index (χ4n) is 3.20. The molecule has 1 aromatic heterocycles. The average molecular weight is 360 g/mol. The minimum atomic E-state index is -0.352. The summed E-state index contributed by atoms with van der Waals surface area (Å²) in [6, 6.07) is 3.88. The molecule has 2 heterocycles. The molecule has 2 aromatic rings. The van der Waals surface area contributed by atoms with Crippen LogP contribution in [-0.4, -0.2) is 56.0 Å². The molecule has 1 fully saturated rings. The van der Waals surface area contributed by atoms with Crippen molar-refractivity contribution < 1.29 is 19.0 Å². The van der Waals surface area contributed by atoms with Gasteiger partial charge in [-0.1, -0.05) is 0 Å². The second-order valence-corrected chi connectivity index (χ2v) is 6.05. The van der Waals surface area contributed by atoms with E-state index >= 15 is 0 Å². The Morgan fingerprint density at radius 2 is 1.88 bits per heavy atom. The molecule has 1 aromatic carbocycles. The lowest BCUT2D eigenvalue weighted by molar-refractivity contribution is 0.146. The van der Waals surface area contributed by atoms with Crippen molar-refractivity contribution in [2.75, 3.05) is 38.8 Å². The Morgan fingerprint density at radius 3 is 2.54 bits per heavy atom. The zero-order chi connectivity index (χ0) is 18.5. The Labute approximate surface area is 152 Å². The van der Waals surface area contributed by atoms with E-state index in [1.807, 2.05) is 12.1 Å². The molecule has 0 spiro atoms. The number of carbonyl (C=O) groups excluding carboxylic acids is 1. The van der Waals surface area contributed by atoms with E-state index in [9.17, 15) is 4.79 Å². The summed E-state index contributed by atoms with van der Waals surface area (Å²) in [6.45, 7) is 3.75. The van der Waals surface area contributed by atoms with Gasteiger partial charge in [0, 0.05) is 30.6 Å². The number of fused-ring (bicyclic) bond motifs is 1. The van der Waals surface area contributed by atoms with Crippen LogP contribution in [0.2, 0.25) is 0 Å². The maximum absolute atomic E-state index is 11.6. The first-order chi connectivity index (χ1) is 12.7. The molecule has 0 bridgehead atoms. The average Bonchev–Trinajstić information content (AvgIpc) is 2.67. The summed E-state index contributed by atoms with van der Waals surface area (Å²) in [7, 11) is 3.22. The van der Waals surface area contributed by atoms with E-state index in [1.54, 1.807) is 27.5 Å². The van der Waals surface area contributed by atoms with Gasteiger partial charge in [-0.3, -0.25) is 0 Å². The summed E-state index contributed by atoms with van der Waals surface area (Å²) in [5.74, 6) is 2.16. The molecule has 3 rings (SSSR count). The predicted molar refractivity (Wildman–Crippen MR) is 98.0 cm³/mol. The van der Waals surface area contributed by atoms with E-state index in [0.29, 0.717) is 18.1 Å². The summed E-state index contributed by atoms with van der Waals surface area (Å²) in [6.07, 6.45) is 2.87. The number of aromatic nitrogens is 2. The number of piperidine rings is 1. The van der Waals surface area contributed by atoms with Crippen molar-refractivity contribution in [3.8, 4) is 11.5 Å². The van der Waals surface area contributed by atoms with Gasteiger partial charge in [-0.2, -0.15) is 0 Å². The Morgan fingerprint density at radius 1 is 1.19 bits per heavy atom. The van der Waals surface area contributed by atoms with Gasteiger partial charge in [0.1, 0.15) is 12.1 Å². The summed E-state index contributed by atoms with van der Waals surface area (Å²) in [5, 5.41) is 3.82. The van der Waals surface area contributed by atoms with Gasteiger partial charge >= 0.3 is 6.09 Å². The number of hydrogen-bond acceptors (Lipinski definition) is 7. The van der Waals surface area contributed by atoms with E-state index in [1.165, 1.54) is 0 Å². The first kappa shape index (κ1) is 18.0. The minimum Gasteiger partial charge on any atom is -0.493 e. The Kier molecular flexibility index (Phi) is 5.60. The van der Waals surface area contributed by atoms with Crippen molar-refractivity contribution in [3.63, 3.8) is 0 Å². The van der Waals surface area contributed by atoms with Crippen molar-refractivity contribution in [2.45, 2.75) is 25.8 Å². The molecule has 1 aliphatic heterocycles. The Balaban J connectivity index is 1.78. The summed E-state index contributed by atoms with van der Waals surface area (Å²) >= 11 is 0. The Bertz CT molecular complexity index is 775. The second-order valence-electron chi connectivity index (χ2n) is 6.05. The molecule has 0 atom stereocenters. The van der Waals surface area contributed by atoms with Gasteiger partial charge in [0.15, 0.2) is 11.5 Å².